The summed E-state index contributed by atoms with van der Waals surface area (Å²) in [6.07, 6.45) is -0.255. The zero-order valence-electron chi connectivity index (χ0n) is 18.7. The zero-order chi connectivity index (χ0) is 25.3. The Morgan fingerprint density at radius 1 is 1.03 bits per heavy atom. The molecule has 0 spiro atoms. The lowest BCUT2D eigenvalue weighted by atomic mass is 10.0. The molecule has 10 heteroatoms. The smallest absolute Gasteiger partial charge is 0.257 e. The van der Waals surface area contributed by atoms with Crippen LogP contribution in [0.5, 0.6) is 0 Å². The molecule has 1 aliphatic heterocycles. The molecule has 8 nitrogen and oxygen atoms in total. The van der Waals surface area contributed by atoms with Crippen LogP contribution in [0.15, 0.2) is 77.7 Å². The van der Waals surface area contributed by atoms with E-state index >= 15 is 0 Å². The summed E-state index contributed by atoms with van der Waals surface area (Å²) in [5.74, 6) is -2.04. The molecule has 1 saturated heterocycles. The molecule has 1 fully saturated rings. The third kappa shape index (κ3) is 4.98. The van der Waals surface area contributed by atoms with Crippen molar-refractivity contribution in [2.45, 2.75) is 30.8 Å². The number of rotatable bonds is 6. The van der Waals surface area contributed by atoms with Crippen LogP contribution in [0.25, 0.3) is 0 Å². The fourth-order valence-corrected chi connectivity index (χ4v) is 4.51. The van der Waals surface area contributed by atoms with E-state index in [0.29, 0.717) is 16.7 Å². The molecule has 0 radical (unpaired) electrons. The summed E-state index contributed by atoms with van der Waals surface area (Å²) in [4.78, 5) is 41.9. The van der Waals surface area contributed by atoms with Gasteiger partial charge in [0, 0.05) is 12.1 Å². The predicted octanol–water partition coefficient (Wildman–Crippen LogP) is 2.76. The molecule has 4 rings (SSSR count). The number of nitrogens with zero attached hydrogens (tertiary/aromatic N) is 2. The second kappa shape index (κ2) is 9.40. The average molecular weight is 496 g/mol. The van der Waals surface area contributed by atoms with Gasteiger partial charge in [0.05, 0.1) is 17.0 Å². The molecule has 3 aromatic rings. The van der Waals surface area contributed by atoms with E-state index in [1.54, 1.807) is 31.2 Å². The average Bonchev–Trinajstić information content (AvgIpc) is 3.11. The normalized spacial score (nSPS) is 16.0. The van der Waals surface area contributed by atoms with Gasteiger partial charge < -0.3 is 4.90 Å². The Bertz CT molecular complexity index is 1410. The maximum Gasteiger partial charge on any atom is 0.257 e. The van der Waals surface area contributed by atoms with Crippen LogP contribution < -0.4 is 10.0 Å². The molecule has 1 atom stereocenters. The number of benzene rings is 3. The minimum atomic E-state index is -3.95. The Labute approximate surface area is 201 Å². The van der Waals surface area contributed by atoms with E-state index in [2.05, 4.69) is 0 Å². The van der Waals surface area contributed by atoms with Gasteiger partial charge in [0.25, 0.3) is 11.8 Å². The molecular formula is C25H22FN3O5S. The molecule has 2 N–H and O–H groups in total. The van der Waals surface area contributed by atoms with Crippen LogP contribution >= 0.6 is 0 Å². The van der Waals surface area contributed by atoms with Gasteiger partial charge >= 0.3 is 0 Å². The number of hydrogen-bond acceptors (Lipinski definition) is 5. The second-order valence-electron chi connectivity index (χ2n) is 8.20. The van der Waals surface area contributed by atoms with Crippen LogP contribution in [0, 0.1) is 12.7 Å². The maximum absolute atomic E-state index is 13.6. The van der Waals surface area contributed by atoms with E-state index < -0.39 is 39.6 Å². The third-order valence-corrected chi connectivity index (χ3v) is 6.75. The Morgan fingerprint density at radius 3 is 2.26 bits per heavy atom. The van der Waals surface area contributed by atoms with Crippen LogP contribution in [0.3, 0.4) is 0 Å². The molecule has 0 aromatic heterocycles. The first-order valence-corrected chi connectivity index (χ1v) is 12.2. The number of carbonyl (C=O) groups excluding carboxylic acids is 3. The number of sulfonamides is 1. The number of anilines is 1. The van der Waals surface area contributed by atoms with E-state index in [9.17, 15) is 27.2 Å². The minimum absolute atomic E-state index is 0.0185. The Kier molecular flexibility index (Phi) is 6.51. The summed E-state index contributed by atoms with van der Waals surface area (Å²) in [6, 6.07) is 16.4. The van der Waals surface area contributed by atoms with Crippen LogP contribution in [0.2, 0.25) is 0 Å². The van der Waals surface area contributed by atoms with Crippen molar-refractivity contribution in [1.29, 1.82) is 0 Å². The van der Waals surface area contributed by atoms with Crippen molar-refractivity contribution in [3.63, 3.8) is 0 Å². The standard InChI is InChI=1S/C25H22FN3O5S/c1-16-4-2-3-5-21(16)24(31)28(15-17-6-8-18(26)9-7-17)22-14-23(30)29(25(22)32)19-10-12-20(13-11-19)35(27,33)34/h2-13,22H,14-15H2,1H3,(H2,27,33,34). The van der Waals surface area contributed by atoms with Crippen molar-refractivity contribution in [3.05, 3.63) is 95.3 Å². The second-order valence-corrected chi connectivity index (χ2v) is 9.76. The third-order valence-electron chi connectivity index (χ3n) is 5.83. The van der Waals surface area contributed by atoms with Gasteiger partial charge in [0.1, 0.15) is 11.9 Å². The molecule has 0 saturated carbocycles. The fraction of sp³-hybridized carbons (Fsp3) is 0.160. The molecule has 1 aliphatic rings. The highest BCUT2D eigenvalue weighted by Gasteiger charge is 2.44. The van der Waals surface area contributed by atoms with Crippen LogP contribution in [-0.2, 0) is 26.2 Å². The molecule has 180 valence electrons. The molecule has 1 heterocycles. The van der Waals surface area contributed by atoms with Crippen molar-refractivity contribution in [2.75, 3.05) is 4.90 Å². The van der Waals surface area contributed by atoms with E-state index in [-0.39, 0.29) is 23.5 Å². The van der Waals surface area contributed by atoms with Gasteiger partial charge in [-0.2, -0.15) is 0 Å². The van der Waals surface area contributed by atoms with Crippen LogP contribution in [-0.4, -0.2) is 37.1 Å². The van der Waals surface area contributed by atoms with Crippen molar-refractivity contribution < 1.29 is 27.2 Å². The van der Waals surface area contributed by atoms with Crippen LogP contribution in [0.1, 0.15) is 27.9 Å². The summed E-state index contributed by atoms with van der Waals surface area (Å²) < 4.78 is 36.5. The molecule has 35 heavy (non-hydrogen) atoms. The topological polar surface area (TPSA) is 118 Å². The van der Waals surface area contributed by atoms with Gasteiger partial charge in [-0.25, -0.2) is 22.8 Å². The van der Waals surface area contributed by atoms with Crippen molar-refractivity contribution in [2.24, 2.45) is 5.14 Å². The quantitative estimate of drug-likeness (QED) is 0.528. The molecule has 3 aromatic carbocycles. The lowest BCUT2D eigenvalue weighted by Gasteiger charge is -2.28. The summed E-state index contributed by atoms with van der Waals surface area (Å²) in [5.41, 5.74) is 1.84. The number of halogens is 1. The Balaban J connectivity index is 1.69. The van der Waals surface area contributed by atoms with Gasteiger partial charge in [-0.1, -0.05) is 30.3 Å². The molecule has 1 unspecified atom stereocenters. The van der Waals surface area contributed by atoms with E-state index in [1.165, 1.54) is 53.4 Å². The van der Waals surface area contributed by atoms with Gasteiger partial charge in [0.2, 0.25) is 15.9 Å². The minimum Gasteiger partial charge on any atom is -0.322 e. The highest BCUT2D eigenvalue weighted by Crippen LogP contribution is 2.29. The number of amides is 3. The molecular weight excluding hydrogens is 473 g/mol. The first-order chi connectivity index (χ1) is 16.6. The van der Waals surface area contributed by atoms with E-state index in [0.717, 1.165) is 4.90 Å². The van der Waals surface area contributed by atoms with Crippen molar-refractivity contribution >= 4 is 33.4 Å². The Hall–Kier alpha value is -3.89. The van der Waals surface area contributed by atoms with Crippen molar-refractivity contribution in [1.82, 2.24) is 4.90 Å². The van der Waals surface area contributed by atoms with Gasteiger partial charge in [-0.05, 0) is 60.5 Å². The zero-order valence-corrected chi connectivity index (χ0v) is 19.5. The summed E-state index contributed by atoms with van der Waals surface area (Å²) in [6.45, 7) is 1.75. The number of imide groups is 1. The first kappa shape index (κ1) is 24.2. The van der Waals surface area contributed by atoms with Gasteiger partial charge in [-0.15, -0.1) is 0 Å². The van der Waals surface area contributed by atoms with Gasteiger partial charge in [-0.3, -0.25) is 14.4 Å². The SMILES string of the molecule is Cc1ccccc1C(=O)N(Cc1ccc(F)cc1)C1CC(=O)N(c2ccc(S(N)(=O)=O)cc2)C1=O. The number of carbonyl (C=O) groups is 3. The number of hydrogen-bond donors (Lipinski definition) is 1. The predicted molar refractivity (Wildman–Crippen MR) is 126 cm³/mol. The number of primary sulfonamides is 1. The van der Waals surface area contributed by atoms with Gasteiger partial charge in [0.15, 0.2) is 0 Å². The number of aryl methyl sites for hydroxylation is 1. The fourth-order valence-electron chi connectivity index (χ4n) is 3.99. The molecule has 0 bridgehead atoms. The monoisotopic (exact) mass is 495 g/mol. The molecule has 3 amide bonds. The maximum atomic E-state index is 13.6. The van der Waals surface area contributed by atoms with E-state index in [1.807, 2.05) is 0 Å². The highest BCUT2D eigenvalue weighted by atomic mass is 32.2. The van der Waals surface area contributed by atoms with E-state index in [4.69, 9.17) is 5.14 Å². The first-order valence-electron chi connectivity index (χ1n) is 10.7. The molecule has 0 aliphatic carbocycles. The highest BCUT2D eigenvalue weighted by molar-refractivity contribution is 7.89. The summed E-state index contributed by atoms with van der Waals surface area (Å²) in [5, 5.41) is 5.12. The Morgan fingerprint density at radius 2 is 1.66 bits per heavy atom. The lowest BCUT2D eigenvalue weighted by molar-refractivity contribution is -0.122. The number of nitrogens with two attached hydrogens (primary N) is 1. The summed E-state index contributed by atoms with van der Waals surface area (Å²) in [7, 11) is -3.95. The van der Waals surface area contributed by atoms with Crippen molar-refractivity contribution in [3.8, 4) is 0 Å². The largest absolute Gasteiger partial charge is 0.322 e. The lowest BCUT2D eigenvalue weighted by Crippen LogP contribution is -2.45. The summed E-state index contributed by atoms with van der Waals surface area (Å²) >= 11 is 0. The van der Waals surface area contributed by atoms with Crippen LogP contribution in [0.4, 0.5) is 10.1 Å².